The van der Waals surface area contributed by atoms with Crippen LogP contribution < -0.4 is 29.2 Å². The number of methoxy groups -OCH3 is 2. The van der Waals surface area contributed by atoms with Gasteiger partial charge in [0.25, 0.3) is 5.91 Å². The predicted molar refractivity (Wildman–Crippen MR) is 112 cm³/mol. The second-order valence-corrected chi connectivity index (χ2v) is 6.90. The fourth-order valence-electron chi connectivity index (χ4n) is 3.87. The Labute approximate surface area is 173 Å². The van der Waals surface area contributed by atoms with Crippen molar-refractivity contribution in [3.8, 4) is 23.0 Å². The molecule has 2 heterocycles. The van der Waals surface area contributed by atoms with E-state index in [-0.39, 0.29) is 12.7 Å². The number of ether oxygens (including phenoxy) is 4. The monoisotopic (exact) mass is 404 g/mol. The molecule has 152 valence electrons. The molecule has 1 amide bonds. The van der Waals surface area contributed by atoms with Crippen LogP contribution in [0.1, 0.15) is 22.1 Å². The van der Waals surface area contributed by atoms with Crippen LogP contribution >= 0.6 is 0 Å². The van der Waals surface area contributed by atoms with Crippen molar-refractivity contribution in [3.05, 3.63) is 71.8 Å². The van der Waals surface area contributed by atoms with Gasteiger partial charge in [-0.05, 0) is 36.4 Å². The zero-order chi connectivity index (χ0) is 20.7. The average Bonchev–Trinajstić information content (AvgIpc) is 3.27. The third-order valence-electron chi connectivity index (χ3n) is 5.27. The highest BCUT2D eigenvalue weighted by atomic mass is 16.7. The maximum atomic E-state index is 13.6. The number of carbonyl (C=O) groups excluding carboxylic acids is 1. The largest absolute Gasteiger partial charge is 0.495 e. The molecular formula is C23H20N2O5. The molecule has 30 heavy (non-hydrogen) atoms. The van der Waals surface area contributed by atoms with Crippen LogP contribution in [0.2, 0.25) is 0 Å². The van der Waals surface area contributed by atoms with Crippen molar-refractivity contribution in [2.24, 2.45) is 0 Å². The van der Waals surface area contributed by atoms with E-state index in [0.29, 0.717) is 34.2 Å². The Balaban J connectivity index is 1.70. The van der Waals surface area contributed by atoms with Crippen LogP contribution in [-0.2, 0) is 0 Å². The van der Waals surface area contributed by atoms with E-state index in [1.807, 2.05) is 60.7 Å². The lowest BCUT2D eigenvalue weighted by atomic mass is 10.0. The van der Waals surface area contributed by atoms with Crippen LogP contribution in [0.25, 0.3) is 0 Å². The van der Waals surface area contributed by atoms with Gasteiger partial charge in [0.2, 0.25) is 12.5 Å². The van der Waals surface area contributed by atoms with Gasteiger partial charge in [-0.1, -0.05) is 24.3 Å². The van der Waals surface area contributed by atoms with Crippen molar-refractivity contribution >= 4 is 17.3 Å². The molecule has 0 spiro atoms. The van der Waals surface area contributed by atoms with Gasteiger partial charge in [-0.25, -0.2) is 0 Å². The minimum absolute atomic E-state index is 0.129. The first kappa shape index (κ1) is 18.2. The molecule has 0 unspecified atom stereocenters. The molecule has 3 aromatic rings. The van der Waals surface area contributed by atoms with Gasteiger partial charge >= 0.3 is 0 Å². The van der Waals surface area contributed by atoms with Crippen molar-refractivity contribution in [1.82, 2.24) is 0 Å². The molecule has 7 heteroatoms. The van der Waals surface area contributed by atoms with E-state index in [2.05, 4.69) is 5.32 Å². The topological polar surface area (TPSA) is 69.3 Å². The quantitative estimate of drug-likeness (QED) is 0.703. The number of hydrogen-bond acceptors (Lipinski definition) is 6. The Morgan fingerprint density at radius 3 is 2.57 bits per heavy atom. The van der Waals surface area contributed by atoms with Crippen molar-refractivity contribution in [2.75, 3.05) is 31.2 Å². The molecule has 2 aliphatic heterocycles. The second-order valence-electron chi connectivity index (χ2n) is 6.90. The highest BCUT2D eigenvalue weighted by molar-refractivity contribution is 6.12. The predicted octanol–water partition coefficient (Wildman–Crippen LogP) is 4.20. The molecule has 0 saturated heterocycles. The third-order valence-corrected chi connectivity index (χ3v) is 5.27. The van der Waals surface area contributed by atoms with E-state index in [9.17, 15) is 4.79 Å². The number of para-hydroxylation sites is 3. The molecule has 3 aromatic carbocycles. The number of rotatable bonds is 4. The number of amides is 1. The minimum atomic E-state index is -0.507. The van der Waals surface area contributed by atoms with Crippen LogP contribution in [0.15, 0.2) is 60.7 Å². The summed E-state index contributed by atoms with van der Waals surface area (Å²) in [6, 6.07) is 18.6. The van der Waals surface area contributed by atoms with Gasteiger partial charge in [0.05, 0.1) is 25.5 Å². The molecule has 0 radical (unpaired) electrons. The lowest BCUT2D eigenvalue weighted by Gasteiger charge is -2.38. The summed E-state index contributed by atoms with van der Waals surface area (Å²) in [6.45, 7) is 0.130. The number of nitrogens with zero attached hydrogens (tertiary/aromatic N) is 1. The highest BCUT2D eigenvalue weighted by Crippen LogP contribution is 2.46. The number of hydrogen-bond donors (Lipinski definition) is 1. The van der Waals surface area contributed by atoms with Gasteiger partial charge in [0.15, 0.2) is 11.5 Å². The van der Waals surface area contributed by atoms with Gasteiger partial charge in [-0.2, -0.15) is 0 Å². The van der Waals surface area contributed by atoms with Gasteiger partial charge < -0.3 is 24.3 Å². The van der Waals surface area contributed by atoms with Crippen molar-refractivity contribution in [1.29, 1.82) is 0 Å². The van der Waals surface area contributed by atoms with E-state index in [4.69, 9.17) is 18.9 Å². The SMILES string of the molecule is COc1ccccc1N1C(=O)c2ccccc2N[C@@H]1c1cc(OC)c2c(c1)OCO2. The zero-order valence-electron chi connectivity index (χ0n) is 16.5. The number of carbonyl (C=O) groups is 1. The molecule has 5 rings (SSSR count). The van der Waals surface area contributed by atoms with Crippen molar-refractivity contribution in [2.45, 2.75) is 6.17 Å². The summed E-state index contributed by atoms with van der Waals surface area (Å²) in [5.74, 6) is 2.17. The first-order valence-electron chi connectivity index (χ1n) is 9.51. The van der Waals surface area contributed by atoms with Crippen molar-refractivity contribution in [3.63, 3.8) is 0 Å². The van der Waals surface area contributed by atoms with E-state index in [1.165, 1.54) is 0 Å². The Morgan fingerprint density at radius 1 is 0.967 bits per heavy atom. The fraction of sp³-hybridized carbons (Fsp3) is 0.174. The van der Waals surface area contributed by atoms with E-state index < -0.39 is 6.17 Å². The van der Waals surface area contributed by atoms with Gasteiger partial charge in [0, 0.05) is 11.3 Å². The first-order chi connectivity index (χ1) is 14.7. The molecular weight excluding hydrogens is 384 g/mol. The van der Waals surface area contributed by atoms with Crippen LogP contribution in [0, 0.1) is 0 Å². The second kappa shape index (κ2) is 7.18. The van der Waals surface area contributed by atoms with Crippen LogP contribution in [0.4, 0.5) is 11.4 Å². The molecule has 1 N–H and O–H groups in total. The summed E-state index contributed by atoms with van der Waals surface area (Å²) < 4.78 is 22.2. The Hall–Kier alpha value is -3.87. The van der Waals surface area contributed by atoms with Gasteiger partial charge in [-0.15, -0.1) is 0 Å². The molecule has 2 aliphatic rings. The Bertz CT molecular complexity index is 1130. The van der Waals surface area contributed by atoms with Crippen LogP contribution in [0.3, 0.4) is 0 Å². The molecule has 7 nitrogen and oxygen atoms in total. The summed E-state index contributed by atoms with van der Waals surface area (Å²) in [7, 11) is 3.17. The van der Waals surface area contributed by atoms with Crippen molar-refractivity contribution < 1.29 is 23.7 Å². The first-order valence-corrected chi connectivity index (χ1v) is 9.51. The summed E-state index contributed by atoms with van der Waals surface area (Å²) in [5.41, 5.74) is 2.81. The number of benzene rings is 3. The van der Waals surface area contributed by atoms with Crippen LogP contribution in [-0.4, -0.2) is 26.9 Å². The van der Waals surface area contributed by atoms with E-state index in [1.54, 1.807) is 19.1 Å². The summed E-state index contributed by atoms with van der Waals surface area (Å²) in [4.78, 5) is 15.3. The van der Waals surface area contributed by atoms with E-state index in [0.717, 1.165) is 11.3 Å². The maximum Gasteiger partial charge on any atom is 0.262 e. The lowest BCUT2D eigenvalue weighted by molar-refractivity contribution is 0.0974. The molecule has 0 bridgehead atoms. The molecule has 0 fully saturated rings. The Morgan fingerprint density at radius 2 is 1.73 bits per heavy atom. The lowest BCUT2D eigenvalue weighted by Crippen LogP contribution is -2.43. The maximum absolute atomic E-state index is 13.6. The minimum Gasteiger partial charge on any atom is -0.495 e. The molecule has 0 aromatic heterocycles. The van der Waals surface area contributed by atoms with Gasteiger partial charge in [0.1, 0.15) is 11.9 Å². The third kappa shape index (κ3) is 2.78. The van der Waals surface area contributed by atoms with Gasteiger partial charge in [-0.3, -0.25) is 9.69 Å². The normalized spacial score (nSPS) is 16.7. The van der Waals surface area contributed by atoms with E-state index >= 15 is 0 Å². The Kier molecular flexibility index (Phi) is 4.35. The molecule has 0 aliphatic carbocycles. The smallest absolute Gasteiger partial charge is 0.262 e. The number of fused-ring (bicyclic) bond motifs is 2. The number of nitrogens with one attached hydrogen (secondary N) is 1. The number of anilines is 2. The summed E-state index contributed by atoms with van der Waals surface area (Å²) in [6.07, 6.45) is -0.507. The fourth-order valence-corrected chi connectivity index (χ4v) is 3.87. The molecule has 1 atom stereocenters. The summed E-state index contributed by atoms with van der Waals surface area (Å²) >= 11 is 0. The zero-order valence-corrected chi connectivity index (χ0v) is 16.5. The standard InChI is InChI=1S/C23H20N2O5/c1-27-18-10-6-5-9-17(18)25-22(24-16-8-4-3-7-15(16)23(25)26)14-11-19(28-2)21-20(12-14)29-13-30-21/h3-12,22,24H,13H2,1-2H3/t22-/m0/s1. The molecule has 0 saturated carbocycles. The average molecular weight is 404 g/mol. The van der Waals surface area contributed by atoms with Crippen LogP contribution in [0.5, 0.6) is 23.0 Å². The summed E-state index contributed by atoms with van der Waals surface area (Å²) in [5, 5.41) is 3.48. The highest BCUT2D eigenvalue weighted by Gasteiger charge is 2.36.